The van der Waals surface area contributed by atoms with Crippen LogP contribution in [0.3, 0.4) is 0 Å². The topological polar surface area (TPSA) is 63.6 Å². The Bertz CT molecular complexity index is 273. The first-order chi connectivity index (χ1) is 8.06. The van der Waals surface area contributed by atoms with Crippen LogP contribution in [0.15, 0.2) is 0 Å². The molecule has 0 unspecified atom stereocenters. The van der Waals surface area contributed by atoms with Crippen LogP contribution in [0.25, 0.3) is 0 Å². The third-order valence-corrected chi connectivity index (χ3v) is 3.20. The Morgan fingerprint density at radius 1 is 1.47 bits per heavy atom. The monoisotopic (exact) mass is 242 g/mol. The molecule has 4 heteroatoms. The second-order valence-electron chi connectivity index (χ2n) is 5.16. The molecule has 4 nitrogen and oxygen atoms in total. The molecule has 0 spiro atoms. The van der Waals surface area contributed by atoms with Crippen molar-refractivity contribution in [3.8, 4) is 0 Å². The summed E-state index contributed by atoms with van der Waals surface area (Å²) in [5.74, 6) is -0.945. The number of esters is 1. The molecule has 0 aromatic heterocycles. The van der Waals surface area contributed by atoms with Crippen LogP contribution in [0.5, 0.6) is 0 Å². The third kappa shape index (κ3) is 4.11. The van der Waals surface area contributed by atoms with E-state index in [1.807, 2.05) is 0 Å². The summed E-state index contributed by atoms with van der Waals surface area (Å²) < 4.78 is 4.81. The zero-order valence-electron chi connectivity index (χ0n) is 10.6. The molecule has 0 radical (unpaired) electrons. The predicted molar refractivity (Wildman–Crippen MR) is 63.3 cm³/mol. The average Bonchev–Trinajstić information content (AvgIpc) is 2.65. The fraction of sp³-hybridized carbons (Fsp3) is 0.846. The van der Waals surface area contributed by atoms with Crippen molar-refractivity contribution in [1.82, 2.24) is 0 Å². The SMILES string of the molecule is CC(C)CCCCC(=O)[C@H]1C(=O)OC[C@@H]1CO. The first-order valence-electron chi connectivity index (χ1n) is 6.36. The Kier molecular flexibility index (Phi) is 5.62. The summed E-state index contributed by atoms with van der Waals surface area (Å²) in [5.41, 5.74) is 0. The Hall–Kier alpha value is -0.900. The highest BCUT2D eigenvalue weighted by atomic mass is 16.5. The van der Waals surface area contributed by atoms with Gasteiger partial charge in [-0.3, -0.25) is 9.59 Å². The summed E-state index contributed by atoms with van der Waals surface area (Å²) in [4.78, 5) is 23.2. The lowest BCUT2D eigenvalue weighted by molar-refractivity contribution is -0.144. The Morgan fingerprint density at radius 2 is 2.18 bits per heavy atom. The maximum absolute atomic E-state index is 11.9. The maximum atomic E-state index is 11.9. The maximum Gasteiger partial charge on any atom is 0.316 e. The number of rotatable bonds is 7. The lowest BCUT2D eigenvalue weighted by atomic mass is 9.89. The normalized spacial score (nSPS) is 24.1. The van der Waals surface area contributed by atoms with Crippen molar-refractivity contribution in [3.05, 3.63) is 0 Å². The fourth-order valence-corrected chi connectivity index (χ4v) is 2.13. The van der Waals surface area contributed by atoms with E-state index in [4.69, 9.17) is 9.84 Å². The molecule has 0 aliphatic carbocycles. The number of hydrogen-bond donors (Lipinski definition) is 1. The third-order valence-electron chi connectivity index (χ3n) is 3.20. The Morgan fingerprint density at radius 3 is 2.76 bits per heavy atom. The summed E-state index contributed by atoms with van der Waals surface area (Å²) in [7, 11) is 0. The van der Waals surface area contributed by atoms with E-state index in [0.29, 0.717) is 12.3 Å². The molecule has 0 aromatic rings. The van der Waals surface area contributed by atoms with Gasteiger partial charge in [0.25, 0.3) is 0 Å². The van der Waals surface area contributed by atoms with E-state index in [1.54, 1.807) is 0 Å². The number of Topliss-reactive ketones (excluding diaryl/α,β-unsaturated/α-hetero) is 1. The van der Waals surface area contributed by atoms with E-state index in [-0.39, 0.29) is 24.9 Å². The molecule has 1 N–H and O–H groups in total. The molecule has 0 bridgehead atoms. The van der Waals surface area contributed by atoms with E-state index in [0.717, 1.165) is 19.3 Å². The number of carbonyl (C=O) groups is 2. The molecular formula is C13H22O4. The number of carbonyl (C=O) groups excluding carboxylic acids is 2. The molecule has 0 amide bonds. The summed E-state index contributed by atoms with van der Waals surface area (Å²) in [6.45, 7) is 4.32. The average molecular weight is 242 g/mol. The standard InChI is InChI=1S/C13H22O4/c1-9(2)5-3-4-6-11(15)12-10(7-14)8-17-13(12)16/h9-10,12,14H,3-8H2,1-2H3/t10-,12-/m0/s1. The lowest BCUT2D eigenvalue weighted by Crippen LogP contribution is -2.27. The van der Waals surface area contributed by atoms with Crippen molar-refractivity contribution < 1.29 is 19.4 Å². The van der Waals surface area contributed by atoms with Gasteiger partial charge in [0.15, 0.2) is 0 Å². The van der Waals surface area contributed by atoms with Crippen LogP contribution in [0, 0.1) is 17.8 Å². The molecule has 17 heavy (non-hydrogen) atoms. The van der Waals surface area contributed by atoms with Gasteiger partial charge in [-0.25, -0.2) is 0 Å². The zero-order valence-corrected chi connectivity index (χ0v) is 10.6. The summed E-state index contributed by atoms with van der Waals surface area (Å²) in [6, 6.07) is 0. The van der Waals surface area contributed by atoms with Crippen LogP contribution in [0.2, 0.25) is 0 Å². The van der Waals surface area contributed by atoms with E-state index in [9.17, 15) is 9.59 Å². The Balaban J connectivity index is 2.33. The predicted octanol–water partition coefficient (Wildman–Crippen LogP) is 1.55. The van der Waals surface area contributed by atoms with Crippen molar-refractivity contribution in [3.63, 3.8) is 0 Å². The molecule has 1 saturated heterocycles. The Labute approximate surface area is 102 Å². The summed E-state index contributed by atoms with van der Waals surface area (Å²) in [6.07, 6.45) is 3.35. The minimum atomic E-state index is -0.723. The largest absolute Gasteiger partial charge is 0.465 e. The van der Waals surface area contributed by atoms with E-state index >= 15 is 0 Å². The number of ether oxygens (including phenoxy) is 1. The smallest absolute Gasteiger partial charge is 0.316 e. The van der Waals surface area contributed by atoms with E-state index in [1.165, 1.54) is 0 Å². The quantitative estimate of drug-likeness (QED) is 0.418. The number of aliphatic hydroxyl groups excluding tert-OH is 1. The van der Waals surface area contributed by atoms with Crippen LogP contribution >= 0.6 is 0 Å². The molecule has 1 fully saturated rings. The molecule has 98 valence electrons. The van der Waals surface area contributed by atoms with Crippen LogP contribution < -0.4 is 0 Å². The van der Waals surface area contributed by atoms with Gasteiger partial charge in [-0.1, -0.05) is 26.7 Å². The van der Waals surface area contributed by atoms with Crippen LogP contribution in [-0.2, 0) is 14.3 Å². The van der Waals surface area contributed by atoms with Gasteiger partial charge < -0.3 is 9.84 Å². The van der Waals surface area contributed by atoms with Gasteiger partial charge in [0.2, 0.25) is 0 Å². The van der Waals surface area contributed by atoms with Gasteiger partial charge in [0.05, 0.1) is 13.2 Å². The van der Waals surface area contributed by atoms with E-state index < -0.39 is 11.9 Å². The molecule has 0 saturated carbocycles. The first kappa shape index (κ1) is 14.2. The number of ketones is 1. The fourth-order valence-electron chi connectivity index (χ4n) is 2.13. The van der Waals surface area contributed by atoms with Crippen molar-refractivity contribution in [1.29, 1.82) is 0 Å². The van der Waals surface area contributed by atoms with Crippen LogP contribution in [-0.4, -0.2) is 30.1 Å². The van der Waals surface area contributed by atoms with Crippen molar-refractivity contribution >= 4 is 11.8 Å². The second-order valence-corrected chi connectivity index (χ2v) is 5.16. The van der Waals surface area contributed by atoms with Crippen LogP contribution in [0.4, 0.5) is 0 Å². The van der Waals surface area contributed by atoms with Gasteiger partial charge in [0, 0.05) is 12.3 Å². The molecule has 1 heterocycles. The molecular weight excluding hydrogens is 220 g/mol. The van der Waals surface area contributed by atoms with Gasteiger partial charge in [-0.05, 0) is 12.3 Å². The minimum absolute atomic E-state index is 0.0738. The number of cyclic esters (lactones) is 1. The lowest BCUT2D eigenvalue weighted by Gasteiger charge is -2.11. The van der Waals surface area contributed by atoms with Crippen molar-refractivity contribution in [2.24, 2.45) is 17.8 Å². The van der Waals surface area contributed by atoms with Gasteiger partial charge >= 0.3 is 5.97 Å². The minimum Gasteiger partial charge on any atom is -0.465 e. The summed E-state index contributed by atoms with van der Waals surface area (Å²) in [5, 5.41) is 9.06. The van der Waals surface area contributed by atoms with Crippen molar-refractivity contribution in [2.75, 3.05) is 13.2 Å². The van der Waals surface area contributed by atoms with Crippen LogP contribution in [0.1, 0.15) is 39.5 Å². The summed E-state index contributed by atoms with van der Waals surface area (Å²) >= 11 is 0. The number of unbranched alkanes of at least 4 members (excludes halogenated alkanes) is 1. The second kappa shape index (κ2) is 6.74. The molecule has 0 aromatic carbocycles. The highest BCUT2D eigenvalue weighted by Gasteiger charge is 2.41. The molecule has 1 rings (SSSR count). The highest BCUT2D eigenvalue weighted by Crippen LogP contribution is 2.24. The number of hydrogen-bond acceptors (Lipinski definition) is 4. The van der Waals surface area contributed by atoms with Gasteiger partial charge in [-0.2, -0.15) is 0 Å². The molecule has 2 atom stereocenters. The highest BCUT2D eigenvalue weighted by molar-refractivity contribution is 6.00. The van der Waals surface area contributed by atoms with E-state index in [2.05, 4.69) is 13.8 Å². The van der Waals surface area contributed by atoms with Gasteiger partial charge in [-0.15, -0.1) is 0 Å². The zero-order chi connectivity index (χ0) is 12.8. The molecule has 1 aliphatic rings. The first-order valence-corrected chi connectivity index (χ1v) is 6.36. The molecule has 1 aliphatic heterocycles. The number of aliphatic hydroxyl groups is 1. The van der Waals surface area contributed by atoms with Gasteiger partial charge in [0.1, 0.15) is 11.7 Å². The van der Waals surface area contributed by atoms with Crippen molar-refractivity contribution in [2.45, 2.75) is 39.5 Å².